The third kappa shape index (κ3) is 4.35. The molecule has 21 heavy (non-hydrogen) atoms. The van der Waals surface area contributed by atoms with Crippen LogP contribution in [0.15, 0.2) is 24.3 Å². The minimum atomic E-state index is -0.371. The molecule has 0 saturated heterocycles. The molecule has 0 aromatic heterocycles. The van der Waals surface area contributed by atoms with Gasteiger partial charge in [0.25, 0.3) is 0 Å². The molecule has 1 aromatic carbocycles. The van der Waals surface area contributed by atoms with E-state index in [-0.39, 0.29) is 29.8 Å². The van der Waals surface area contributed by atoms with Gasteiger partial charge < -0.3 is 11.1 Å². The number of halogens is 2. The smallest absolute Gasteiger partial charge is 0.230 e. The Hall–Kier alpha value is -0.770. The van der Waals surface area contributed by atoms with E-state index in [1.54, 1.807) is 0 Å². The molecule has 1 amide bonds. The zero-order valence-corrected chi connectivity index (χ0v) is 14.0. The van der Waals surface area contributed by atoms with Crippen LogP contribution >= 0.6 is 24.0 Å². The number of nitrogens with one attached hydrogen (secondary N) is 1. The van der Waals surface area contributed by atoms with E-state index in [1.165, 1.54) is 0 Å². The first-order chi connectivity index (χ1) is 9.62. The van der Waals surface area contributed by atoms with Crippen molar-refractivity contribution in [3.63, 3.8) is 0 Å². The maximum Gasteiger partial charge on any atom is 0.230 e. The van der Waals surface area contributed by atoms with Gasteiger partial charge in [0.15, 0.2) is 0 Å². The molecule has 0 bridgehead atoms. The number of carbonyl (C=O) groups excluding carboxylic acids is 1. The van der Waals surface area contributed by atoms with Crippen LogP contribution in [0.1, 0.15) is 44.6 Å². The van der Waals surface area contributed by atoms with Crippen LogP contribution in [0, 0.1) is 0 Å². The maximum atomic E-state index is 12.6. The molecule has 1 aromatic rings. The van der Waals surface area contributed by atoms with Gasteiger partial charge in [-0.25, -0.2) is 0 Å². The Morgan fingerprint density at radius 1 is 1.48 bits per heavy atom. The summed E-state index contributed by atoms with van der Waals surface area (Å²) >= 11 is 6.03. The number of carbonyl (C=O) groups is 1. The van der Waals surface area contributed by atoms with E-state index in [4.69, 9.17) is 17.3 Å². The molecule has 3 nitrogen and oxygen atoms in total. The Labute approximate surface area is 138 Å². The number of amides is 1. The fraction of sp³-hybridized carbons (Fsp3) is 0.562. The molecule has 1 aliphatic carbocycles. The number of hydrogen-bond acceptors (Lipinski definition) is 2. The van der Waals surface area contributed by atoms with Crippen molar-refractivity contribution in [2.75, 3.05) is 6.54 Å². The van der Waals surface area contributed by atoms with Gasteiger partial charge in [0.2, 0.25) is 5.91 Å². The summed E-state index contributed by atoms with van der Waals surface area (Å²) in [6.07, 6.45) is 4.94. The number of rotatable bonds is 7. The van der Waals surface area contributed by atoms with E-state index in [2.05, 4.69) is 12.2 Å². The molecular formula is C16H24Cl2N2O. The molecule has 1 fully saturated rings. The van der Waals surface area contributed by atoms with Gasteiger partial charge in [0.1, 0.15) is 0 Å². The molecule has 118 valence electrons. The topological polar surface area (TPSA) is 55.1 Å². The van der Waals surface area contributed by atoms with Crippen LogP contribution < -0.4 is 11.1 Å². The van der Waals surface area contributed by atoms with Crippen LogP contribution in [0.5, 0.6) is 0 Å². The van der Waals surface area contributed by atoms with Crippen LogP contribution in [-0.4, -0.2) is 18.5 Å². The van der Waals surface area contributed by atoms with Gasteiger partial charge >= 0.3 is 0 Å². The first-order valence-electron chi connectivity index (χ1n) is 7.39. The molecule has 0 heterocycles. The van der Waals surface area contributed by atoms with E-state index in [0.717, 1.165) is 37.7 Å². The van der Waals surface area contributed by atoms with Gasteiger partial charge in [0, 0.05) is 17.6 Å². The molecular weight excluding hydrogens is 307 g/mol. The van der Waals surface area contributed by atoms with Crippen molar-refractivity contribution in [2.45, 2.75) is 50.5 Å². The van der Waals surface area contributed by atoms with Crippen molar-refractivity contribution in [2.24, 2.45) is 5.73 Å². The highest BCUT2D eigenvalue weighted by molar-refractivity contribution is 6.30. The van der Waals surface area contributed by atoms with Gasteiger partial charge in [0.05, 0.1) is 5.41 Å². The summed E-state index contributed by atoms with van der Waals surface area (Å²) in [5, 5.41) is 3.80. The highest BCUT2D eigenvalue weighted by Gasteiger charge is 2.51. The monoisotopic (exact) mass is 330 g/mol. The van der Waals surface area contributed by atoms with E-state index in [0.29, 0.717) is 11.6 Å². The number of nitrogens with two attached hydrogens (primary N) is 1. The van der Waals surface area contributed by atoms with Crippen molar-refractivity contribution in [1.29, 1.82) is 0 Å². The van der Waals surface area contributed by atoms with Gasteiger partial charge in [-0.2, -0.15) is 0 Å². The molecule has 2 rings (SSSR count). The summed E-state index contributed by atoms with van der Waals surface area (Å²) in [6.45, 7) is 2.64. The Balaban J connectivity index is 0.00000220. The lowest BCUT2D eigenvalue weighted by atomic mass is 9.94. The van der Waals surface area contributed by atoms with Crippen LogP contribution in [0.4, 0.5) is 0 Å². The third-order valence-corrected chi connectivity index (χ3v) is 4.32. The molecule has 1 unspecified atom stereocenters. The normalized spacial score (nSPS) is 16.7. The minimum absolute atomic E-state index is 0. The number of hydrogen-bond donors (Lipinski definition) is 2. The fourth-order valence-electron chi connectivity index (χ4n) is 2.58. The van der Waals surface area contributed by atoms with Crippen molar-refractivity contribution >= 4 is 29.9 Å². The molecule has 1 saturated carbocycles. The molecule has 1 atom stereocenters. The Kier molecular flexibility index (Phi) is 6.98. The summed E-state index contributed by atoms with van der Waals surface area (Å²) in [4.78, 5) is 12.6. The molecule has 5 heteroatoms. The number of benzene rings is 1. The highest BCUT2D eigenvalue weighted by atomic mass is 35.5. The minimum Gasteiger partial charge on any atom is -0.351 e. The van der Waals surface area contributed by atoms with E-state index >= 15 is 0 Å². The quantitative estimate of drug-likeness (QED) is 0.804. The first-order valence-corrected chi connectivity index (χ1v) is 7.77. The van der Waals surface area contributed by atoms with E-state index < -0.39 is 0 Å². The van der Waals surface area contributed by atoms with Crippen LogP contribution in [0.3, 0.4) is 0 Å². The summed E-state index contributed by atoms with van der Waals surface area (Å²) in [7, 11) is 0. The predicted octanol–water partition coefficient (Wildman–Crippen LogP) is 3.43. The Morgan fingerprint density at radius 2 is 2.19 bits per heavy atom. The summed E-state index contributed by atoms with van der Waals surface area (Å²) < 4.78 is 0. The lowest BCUT2D eigenvalue weighted by Crippen LogP contribution is -2.45. The second kappa shape index (κ2) is 8.02. The van der Waals surface area contributed by atoms with Gasteiger partial charge in [-0.05, 0) is 37.0 Å². The zero-order chi connectivity index (χ0) is 14.6. The van der Waals surface area contributed by atoms with E-state index in [1.807, 2.05) is 24.3 Å². The average molecular weight is 331 g/mol. The molecule has 0 spiro atoms. The van der Waals surface area contributed by atoms with Crippen molar-refractivity contribution in [3.8, 4) is 0 Å². The van der Waals surface area contributed by atoms with Crippen molar-refractivity contribution in [1.82, 2.24) is 5.32 Å². The standard InChI is InChI=1S/C16H23ClN2O.ClH/c1-2-3-7-14(11-18)19-15(20)16(8-9-16)12-5-4-6-13(17)10-12;/h4-6,10,14H,2-3,7-9,11,18H2,1H3,(H,19,20);1H. The SMILES string of the molecule is CCCCC(CN)NC(=O)C1(c2cccc(Cl)c2)CC1.Cl. The lowest BCUT2D eigenvalue weighted by Gasteiger charge is -2.21. The number of unbranched alkanes of at least 4 members (excludes halogenated alkanes) is 1. The van der Waals surface area contributed by atoms with Gasteiger partial charge in [-0.3, -0.25) is 4.79 Å². The van der Waals surface area contributed by atoms with Crippen LogP contribution in [-0.2, 0) is 10.2 Å². The van der Waals surface area contributed by atoms with Gasteiger partial charge in [-0.15, -0.1) is 12.4 Å². The highest BCUT2D eigenvalue weighted by Crippen LogP contribution is 2.48. The zero-order valence-electron chi connectivity index (χ0n) is 12.4. The summed E-state index contributed by atoms with van der Waals surface area (Å²) in [5.74, 6) is 0.103. The predicted molar refractivity (Wildman–Crippen MR) is 90.1 cm³/mol. The Bertz CT molecular complexity index is 475. The fourth-order valence-corrected chi connectivity index (χ4v) is 2.77. The van der Waals surface area contributed by atoms with Crippen LogP contribution in [0.25, 0.3) is 0 Å². The average Bonchev–Trinajstić information content (AvgIpc) is 3.25. The molecule has 3 N–H and O–H groups in total. The lowest BCUT2D eigenvalue weighted by molar-refractivity contribution is -0.124. The molecule has 0 aliphatic heterocycles. The molecule has 0 radical (unpaired) electrons. The van der Waals surface area contributed by atoms with Crippen molar-refractivity contribution < 1.29 is 4.79 Å². The Morgan fingerprint density at radius 3 is 2.71 bits per heavy atom. The van der Waals surface area contributed by atoms with Gasteiger partial charge in [-0.1, -0.05) is 43.5 Å². The van der Waals surface area contributed by atoms with Crippen molar-refractivity contribution in [3.05, 3.63) is 34.9 Å². The largest absolute Gasteiger partial charge is 0.351 e. The summed E-state index contributed by atoms with van der Waals surface area (Å²) in [5.41, 5.74) is 6.40. The summed E-state index contributed by atoms with van der Waals surface area (Å²) in [6, 6.07) is 7.71. The molecule has 1 aliphatic rings. The third-order valence-electron chi connectivity index (χ3n) is 4.09. The van der Waals surface area contributed by atoms with E-state index in [9.17, 15) is 4.79 Å². The maximum absolute atomic E-state index is 12.6. The first kappa shape index (κ1) is 18.3. The van der Waals surface area contributed by atoms with Crippen LogP contribution in [0.2, 0.25) is 5.02 Å². The second-order valence-corrected chi connectivity index (χ2v) is 6.08. The second-order valence-electron chi connectivity index (χ2n) is 5.64.